The lowest BCUT2D eigenvalue weighted by molar-refractivity contribution is 0.0693. The summed E-state index contributed by atoms with van der Waals surface area (Å²) in [5.41, 5.74) is 6.64. The van der Waals surface area contributed by atoms with Crippen molar-refractivity contribution in [2.45, 2.75) is 24.8 Å². The third kappa shape index (κ3) is 1.90. The SMILES string of the molecule is COc1cc(OC)c(C2(N)CCC2)cc1C(=O)O. The molecule has 1 aromatic rings. The summed E-state index contributed by atoms with van der Waals surface area (Å²) < 4.78 is 10.4. The fourth-order valence-corrected chi connectivity index (χ4v) is 2.28. The van der Waals surface area contributed by atoms with Gasteiger partial charge in [0.15, 0.2) is 0 Å². The standard InChI is InChI=1S/C13H17NO4/c1-17-10-7-11(18-2)9(6-8(10)12(15)16)13(14)4-3-5-13/h6-7H,3-5,14H2,1-2H3,(H,15,16). The van der Waals surface area contributed by atoms with Crippen LogP contribution in [0.2, 0.25) is 0 Å². The van der Waals surface area contributed by atoms with Crippen molar-refractivity contribution in [1.82, 2.24) is 0 Å². The van der Waals surface area contributed by atoms with Gasteiger partial charge in [0.25, 0.3) is 0 Å². The summed E-state index contributed by atoms with van der Waals surface area (Å²) in [6, 6.07) is 3.16. The molecule has 0 aromatic heterocycles. The minimum Gasteiger partial charge on any atom is -0.496 e. The summed E-state index contributed by atoms with van der Waals surface area (Å²) in [6.45, 7) is 0. The molecule has 5 heteroatoms. The summed E-state index contributed by atoms with van der Waals surface area (Å²) in [5.74, 6) is -0.163. The zero-order valence-corrected chi connectivity index (χ0v) is 10.5. The molecule has 5 nitrogen and oxygen atoms in total. The van der Waals surface area contributed by atoms with Crippen molar-refractivity contribution in [2.24, 2.45) is 5.73 Å². The van der Waals surface area contributed by atoms with Crippen LogP contribution in [0.3, 0.4) is 0 Å². The van der Waals surface area contributed by atoms with Crippen molar-refractivity contribution < 1.29 is 19.4 Å². The first-order valence-corrected chi connectivity index (χ1v) is 5.80. The van der Waals surface area contributed by atoms with Crippen LogP contribution in [0.25, 0.3) is 0 Å². The molecule has 3 N–H and O–H groups in total. The van der Waals surface area contributed by atoms with E-state index >= 15 is 0 Å². The second-order valence-electron chi connectivity index (χ2n) is 4.57. The molecular formula is C13H17NO4. The molecule has 0 saturated heterocycles. The smallest absolute Gasteiger partial charge is 0.339 e. The van der Waals surface area contributed by atoms with Gasteiger partial charge in [-0.2, -0.15) is 0 Å². The predicted octanol–water partition coefficient (Wildman–Crippen LogP) is 1.74. The molecule has 1 aliphatic rings. The number of hydrogen-bond donors (Lipinski definition) is 2. The second-order valence-corrected chi connectivity index (χ2v) is 4.57. The fraction of sp³-hybridized carbons (Fsp3) is 0.462. The maximum absolute atomic E-state index is 11.2. The van der Waals surface area contributed by atoms with E-state index in [4.69, 9.17) is 15.2 Å². The van der Waals surface area contributed by atoms with E-state index in [0.717, 1.165) is 24.8 Å². The van der Waals surface area contributed by atoms with Gasteiger partial charge in [-0.15, -0.1) is 0 Å². The normalized spacial score (nSPS) is 16.8. The molecule has 0 heterocycles. The second kappa shape index (κ2) is 4.49. The summed E-state index contributed by atoms with van der Waals surface area (Å²) in [5, 5.41) is 9.18. The summed E-state index contributed by atoms with van der Waals surface area (Å²) in [7, 11) is 2.98. The predicted molar refractivity (Wildman–Crippen MR) is 66.2 cm³/mol. The van der Waals surface area contributed by atoms with Crippen molar-refractivity contribution >= 4 is 5.97 Å². The van der Waals surface area contributed by atoms with Crippen molar-refractivity contribution in [3.05, 3.63) is 23.3 Å². The number of methoxy groups -OCH3 is 2. The maximum atomic E-state index is 11.2. The van der Waals surface area contributed by atoms with Gasteiger partial charge in [0.05, 0.1) is 14.2 Å². The number of benzene rings is 1. The van der Waals surface area contributed by atoms with Crippen molar-refractivity contribution in [3.8, 4) is 11.5 Å². The van der Waals surface area contributed by atoms with Crippen LogP contribution >= 0.6 is 0 Å². The number of carboxylic acid groups (broad SMARTS) is 1. The first-order valence-electron chi connectivity index (χ1n) is 5.80. The largest absolute Gasteiger partial charge is 0.496 e. The maximum Gasteiger partial charge on any atom is 0.339 e. The Morgan fingerprint density at radius 2 is 1.89 bits per heavy atom. The Morgan fingerprint density at radius 1 is 1.28 bits per heavy atom. The van der Waals surface area contributed by atoms with E-state index in [1.54, 1.807) is 19.2 Å². The summed E-state index contributed by atoms with van der Waals surface area (Å²) in [6.07, 6.45) is 2.73. The van der Waals surface area contributed by atoms with Gasteiger partial charge >= 0.3 is 5.97 Å². The highest BCUT2D eigenvalue weighted by Gasteiger charge is 2.38. The molecule has 1 fully saturated rings. The highest BCUT2D eigenvalue weighted by Crippen LogP contribution is 2.44. The Bertz CT molecular complexity index is 480. The molecule has 98 valence electrons. The number of carbonyl (C=O) groups is 1. The Kier molecular flexibility index (Phi) is 3.17. The van der Waals surface area contributed by atoms with Crippen LogP contribution in [0.15, 0.2) is 12.1 Å². The monoisotopic (exact) mass is 251 g/mol. The van der Waals surface area contributed by atoms with Gasteiger partial charge in [-0.1, -0.05) is 0 Å². The van der Waals surface area contributed by atoms with Crippen LogP contribution in [-0.2, 0) is 5.54 Å². The summed E-state index contributed by atoms with van der Waals surface area (Å²) >= 11 is 0. The van der Waals surface area contributed by atoms with E-state index in [-0.39, 0.29) is 11.3 Å². The number of aromatic carboxylic acids is 1. The van der Waals surface area contributed by atoms with Crippen molar-refractivity contribution in [1.29, 1.82) is 0 Å². The van der Waals surface area contributed by atoms with Gasteiger partial charge in [-0.25, -0.2) is 4.79 Å². The first kappa shape index (κ1) is 12.7. The molecule has 2 rings (SSSR count). The van der Waals surface area contributed by atoms with Gasteiger partial charge in [-0.05, 0) is 25.3 Å². The van der Waals surface area contributed by atoms with Gasteiger partial charge in [-0.3, -0.25) is 0 Å². The van der Waals surface area contributed by atoms with Gasteiger partial charge < -0.3 is 20.3 Å². The number of ether oxygens (including phenoxy) is 2. The van der Waals surface area contributed by atoms with Crippen LogP contribution in [0.5, 0.6) is 11.5 Å². The first-order chi connectivity index (χ1) is 8.51. The average molecular weight is 251 g/mol. The molecule has 0 atom stereocenters. The topological polar surface area (TPSA) is 81.8 Å². The molecule has 1 saturated carbocycles. The summed E-state index contributed by atoms with van der Waals surface area (Å²) in [4.78, 5) is 11.2. The van der Waals surface area contributed by atoms with Crippen LogP contribution in [0.4, 0.5) is 0 Å². The average Bonchev–Trinajstić information content (AvgIpc) is 2.34. The lowest BCUT2D eigenvalue weighted by Crippen LogP contribution is -2.43. The molecule has 0 radical (unpaired) electrons. The molecule has 1 aromatic carbocycles. The van der Waals surface area contributed by atoms with Crippen LogP contribution < -0.4 is 15.2 Å². The lowest BCUT2D eigenvalue weighted by Gasteiger charge is -2.39. The highest BCUT2D eigenvalue weighted by molar-refractivity contribution is 5.91. The Balaban J connectivity index is 2.57. The van der Waals surface area contributed by atoms with Crippen LogP contribution in [0, 0.1) is 0 Å². The Labute approximate surface area is 106 Å². The number of rotatable bonds is 4. The molecule has 0 unspecified atom stereocenters. The molecule has 18 heavy (non-hydrogen) atoms. The number of carboxylic acids is 1. The minimum absolute atomic E-state index is 0.116. The third-order valence-electron chi connectivity index (χ3n) is 3.53. The molecule has 0 spiro atoms. The molecule has 0 amide bonds. The molecule has 1 aliphatic carbocycles. The zero-order valence-electron chi connectivity index (χ0n) is 10.5. The highest BCUT2D eigenvalue weighted by atomic mass is 16.5. The zero-order chi connectivity index (χ0) is 13.3. The van der Waals surface area contributed by atoms with Crippen LogP contribution in [0.1, 0.15) is 35.2 Å². The Hall–Kier alpha value is -1.75. The van der Waals surface area contributed by atoms with E-state index in [0.29, 0.717) is 5.75 Å². The fourth-order valence-electron chi connectivity index (χ4n) is 2.28. The molecular weight excluding hydrogens is 234 g/mol. The third-order valence-corrected chi connectivity index (χ3v) is 3.53. The van der Waals surface area contributed by atoms with Crippen LogP contribution in [-0.4, -0.2) is 25.3 Å². The van der Waals surface area contributed by atoms with E-state index in [9.17, 15) is 9.90 Å². The molecule has 0 aliphatic heterocycles. The van der Waals surface area contributed by atoms with E-state index < -0.39 is 11.5 Å². The van der Waals surface area contributed by atoms with Crippen molar-refractivity contribution in [2.75, 3.05) is 14.2 Å². The van der Waals surface area contributed by atoms with E-state index in [1.807, 2.05) is 0 Å². The van der Waals surface area contributed by atoms with E-state index in [1.165, 1.54) is 7.11 Å². The van der Waals surface area contributed by atoms with Gasteiger partial charge in [0.1, 0.15) is 17.1 Å². The van der Waals surface area contributed by atoms with E-state index in [2.05, 4.69) is 0 Å². The Morgan fingerprint density at radius 3 is 2.28 bits per heavy atom. The number of hydrogen-bond acceptors (Lipinski definition) is 4. The minimum atomic E-state index is -1.03. The number of nitrogens with two attached hydrogens (primary N) is 1. The molecule has 0 bridgehead atoms. The lowest BCUT2D eigenvalue weighted by atomic mass is 9.72. The van der Waals surface area contributed by atoms with Gasteiger partial charge in [0, 0.05) is 17.2 Å². The van der Waals surface area contributed by atoms with Gasteiger partial charge in [0.2, 0.25) is 0 Å². The quantitative estimate of drug-likeness (QED) is 0.851. The van der Waals surface area contributed by atoms with Crippen molar-refractivity contribution in [3.63, 3.8) is 0 Å².